The van der Waals surface area contributed by atoms with Gasteiger partial charge in [-0.2, -0.15) is 0 Å². The van der Waals surface area contributed by atoms with Crippen LogP contribution in [0.15, 0.2) is 6.33 Å². The molecule has 0 aromatic carbocycles. The molecule has 0 spiro atoms. The van der Waals surface area contributed by atoms with Gasteiger partial charge >= 0.3 is 0 Å². The SMILES string of the molecule is CC(=O)CCc1[nH]cnc1O. The Kier molecular flexibility index (Phi) is 2.25. The minimum atomic E-state index is -0.00810. The number of imidazole rings is 1. The zero-order valence-electron chi connectivity index (χ0n) is 6.29. The third-order valence-corrected chi connectivity index (χ3v) is 1.42. The molecule has 0 saturated heterocycles. The number of aryl methyl sites for hydroxylation is 1. The fraction of sp³-hybridized carbons (Fsp3) is 0.429. The van der Waals surface area contributed by atoms with Gasteiger partial charge in [-0.1, -0.05) is 0 Å². The highest BCUT2D eigenvalue weighted by Gasteiger charge is 2.03. The van der Waals surface area contributed by atoms with Gasteiger partial charge in [-0.15, -0.1) is 0 Å². The van der Waals surface area contributed by atoms with Crippen LogP contribution >= 0.6 is 0 Å². The first-order valence-electron chi connectivity index (χ1n) is 3.41. The van der Waals surface area contributed by atoms with Gasteiger partial charge in [0.25, 0.3) is 0 Å². The third kappa shape index (κ3) is 2.07. The Hall–Kier alpha value is -1.32. The van der Waals surface area contributed by atoms with Gasteiger partial charge in [-0.05, 0) is 13.3 Å². The Morgan fingerprint density at radius 1 is 1.82 bits per heavy atom. The van der Waals surface area contributed by atoms with Crippen LogP contribution in [0.4, 0.5) is 0 Å². The minimum Gasteiger partial charge on any atom is -0.492 e. The molecule has 0 amide bonds. The molecule has 2 N–H and O–H groups in total. The minimum absolute atomic E-state index is 0.00810. The van der Waals surface area contributed by atoms with Crippen LogP contribution < -0.4 is 0 Å². The number of aromatic nitrogens is 2. The molecule has 0 unspecified atom stereocenters. The van der Waals surface area contributed by atoms with Crippen LogP contribution in [0.1, 0.15) is 19.0 Å². The van der Waals surface area contributed by atoms with Crippen LogP contribution in [0.25, 0.3) is 0 Å². The predicted octanol–water partition coefficient (Wildman–Crippen LogP) is 0.637. The highest BCUT2D eigenvalue weighted by atomic mass is 16.3. The number of rotatable bonds is 3. The van der Waals surface area contributed by atoms with Gasteiger partial charge in [0.2, 0.25) is 5.88 Å². The number of Topliss-reactive ketones (excluding diaryl/α,β-unsaturated/α-hetero) is 1. The maximum absolute atomic E-state index is 10.5. The molecular weight excluding hydrogens is 144 g/mol. The Labute approximate surface area is 64.3 Å². The lowest BCUT2D eigenvalue weighted by molar-refractivity contribution is -0.116. The molecule has 1 aromatic heterocycles. The highest BCUT2D eigenvalue weighted by Crippen LogP contribution is 2.11. The van der Waals surface area contributed by atoms with Crippen molar-refractivity contribution >= 4 is 5.78 Å². The van der Waals surface area contributed by atoms with Crippen LogP contribution in [-0.4, -0.2) is 20.9 Å². The third-order valence-electron chi connectivity index (χ3n) is 1.42. The van der Waals surface area contributed by atoms with E-state index in [2.05, 4.69) is 9.97 Å². The van der Waals surface area contributed by atoms with Crippen molar-refractivity contribution in [3.63, 3.8) is 0 Å². The normalized spacial score (nSPS) is 9.91. The van der Waals surface area contributed by atoms with Gasteiger partial charge in [0, 0.05) is 6.42 Å². The molecule has 0 aliphatic rings. The second-order valence-electron chi connectivity index (χ2n) is 2.41. The molecule has 0 radical (unpaired) electrons. The molecule has 4 heteroatoms. The van der Waals surface area contributed by atoms with Crippen LogP contribution in [0.5, 0.6) is 5.88 Å². The van der Waals surface area contributed by atoms with E-state index in [-0.39, 0.29) is 11.7 Å². The van der Waals surface area contributed by atoms with Gasteiger partial charge in [0.1, 0.15) is 5.78 Å². The first-order valence-corrected chi connectivity index (χ1v) is 3.41. The molecule has 0 bridgehead atoms. The summed E-state index contributed by atoms with van der Waals surface area (Å²) < 4.78 is 0. The molecule has 60 valence electrons. The van der Waals surface area contributed by atoms with Crippen molar-refractivity contribution in [2.24, 2.45) is 0 Å². The summed E-state index contributed by atoms with van der Waals surface area (Å²) in [6.45, 7) is 1.52. The van der Waals surface area contributed by atoms with E-state index >= 15 is 0 Å². The Morgan fingerprint density at radius 2 is 2.55 bits per heavy atom. The summed E-state index contributed by atoms with van der Waals surface area (Å²) in [6.07, 6.45) is 2.38. The molecule has 0 saturated carbocycles. The molecule has 1 aromatic rings. The molecule has 0 fully saturated rings. The largest absolute Gasteiger partial charge is 0.492 e. The van der Waals surface area contributed by atoms with Crippen molar-refractivity contribution in [2.45, 2.75) is 19.8 Å². The van der Waals surface area contributed by atoms with E-state index in [1.807, 2.05) is 0 Å². The van der Waals surface area contributed by atoms with Crippen molar-refractivity contribution in [2.75, 3.05) is 0 Å². The second-order valence-corrected chi connectivity index (χ2v) is 2.41. The summed E-state index contributed by atoms with van der Waals surface area (Å²) in [4.78, 5) is 16.9. The molecule has 0 aliphatic heterocycles. The molecule has 1 heterocycles. The van der Waals surface area contributed by atoms with Gasteiger partial charge in [0.15, 0.2) is 0 Å². The number of H-pyrrole nitrogens is 1. The predicted molar refractivity (Wildman–Crippen MR) is 39.3 cm³/mol. The highest BCUT2D eigenvalue weighted by molar-refractivity contribution is 5.75. The summed E-state index contributed by atoms with van der Waals surface area (Å²) in [5.74, 6) is 0.102. The summed E-state index contributed by atoms with van der Waals surface area (Å²) in [7, 11) is 0. The fourth-order valence-corrected chi connectivity index (χ4v) is 0.799. The molecule has 4 nitrogen and oxygen atoms in total. The first-order chi connectivity index (χ1) is 5.20. The maximum atomic E-state index is 10.5. The van der Waals surface area contributed by atoms with E-state index in [0.29, 0.717) is 18.5 Å². The average Bonchev–Trinajstić information content (AvgIpc) is 2.31. The number of hydrogen-bond donors (Lipinski definition) is 2. The zero-order chi connectivity index (χ0) is 8.27. The van der Waals surface area contributed by atoms with Crippen molar-refractivity contribution in [3.8, 4) is 5.88 Å². The van der Waals surface area contributed by atoms with Crippen LogP contribution in [0.3, 0.4) is 0 Å². The second kappa shape index (κ2) is 3.18. The molecule has 11 heavy (non-hydrogen) atoms. The van der Waals surface area contributed by atoms with Crippen LogP contribution in [-0.2, 0) is 11.2 Å². The Bertz CT molecular complexity index is 255. The van der Waals surface area contributed by atoms with Crippen molar-refractivity contribution in [1.29, 1.82) is 0 Å². The van der Waals surface area contributed by atoms with E-state index in [4.69, 9.17) is 5.11 Å². The zero-order valence-corrected chi connectivity index (χ0v) is 6.29. The number of carbonyl (C=O) groups excluding carboxylic acids is 1. The van der Waals surface area contributed by atoms with E-state index in [9.17, 15) is 4.79 Å². The quantitative estimate of drug-likeness (QED) is 0.671. The number of carbonyl (C=O) groups is 1. The van der Waals surface area contributed by atoms with Gasteiger partial charge in [-0.25, -0.2) is 4.98 Å². The first kappa shape index (κ1) is 7.78. The maximum Gasteiger partial charge on any atom is 0.232 e. The molecule has 0 aliphatic carbocycles. The summed E-state index contributed by atoms with van der Waals surface area (Å²) in [5, 5.41) is 9.01. The van der Waals surface area contributed by atoms with E-state index < -0.39 is 0 Å². The fourth-order valence-electron chi connectivity index (χ4n) is 0.799. The van der Waals surface area contributed by atoms with E-state index in [1.165, 1.54) is 13.3 Å². The number of nitrogens with one attached hydrogen (secondary N) is 1. The molecular formula is C7H10N2O2. The summed E-state index contributed by atoms with van der Waals surface area (Å²) in [5.41, 5.74) is 0.625. The monoisotopic (exact) mass is 154 g/mol. The summed E-state index contributed by atoms with van der Waals surface area (Å²) in [6, 6.07) is 0. The number of aromatic hydroxyl groups is 1. The van der Waals surface area contributed by atoms with Gasteiger partial charge in [-0.3, -0.25) is 0 Å². The lowest BCUT2D eigenvalue weighted by Gasteiger charge is -1.93. The van der Waals surface area contributed by atoms with Crippen LogP contribution in [0, 0.1) is 0 Å². The number of aromatic amines is 1. The summed E-state index contributed by atoms with van der Waals surface area (Å²) >= 11 is 0. The Morgan fingerprint density at radius 3 is 3.00 bits per heavy atom. The Balaban J connectivity index is 2.51. The van der Waals surface area contributed by atoms with E-state index in [0.717, 1.165) is 0 Å². The van der Waals surface area contributed by atoms with Crippen molar-refractivity contribution in [1.82, 2.24) is 9.97 Å². The number of ketones is 1. The number of hydrogen-bond acceptors (Lipinski definition) is 3. The lowest BCUT2D eigenvalue weighted by atomic mass is 10.2. The van der Waals surface area contributed by atoms with Crippen molar-refractivity contribution < 1.29 is 9.90 Å². The van der Waals surface area contributed by atoms with Gasteiger partial charge in [0.05, 0.1) is 12.0 Å². The lowest BCUT2D eigenvalue weighted by Crippen LogP contribution is -1.94. The van der Waals surface area contributed by atoms with E-state index in [1.54, 1.807) is 0 Å². The number of nitrogens with zero attached hydrogens (tertiary/aromatic N) is 1. The molecule has 0 atom stereocenters. The molecule has 1 rings (SSSR count). The average molecular weight is 154 g/mol. The van der Waals surface area contributed by atoms with Gasteiger partial charge < -0.3 is 14.9 Å². The topological polar surface area (TPSA) is 66.0 Å². The standard InChI is InChI=1S/C7H10N2O2/c1-5(10)2-3-6-7(11)9-4-8-6/h4,11H,2-3H2,1H3,(H,8,9). The van der Waals surface area contributed by atoms with Crippen molar-refractivity contribution in [3.05, 3.63) is 12.0 Å². The van der Waals surface area contributed by atoms with Crippen LogP contribution in [0.2, 0.25) is 0 Å². The smallest absolute Gasteiger partial charge is 0.232 e.